The fourth-order valence-electron chi connectivity index (χ4n) is 9.17. The fraction of sp³-hybridized carbons (Fsp3) is 0.532. The van der Waals surface area contributed by atoms with Gasteiger partial charge in [-0.3, -0.25) is 42.1 Å². The van der Waals surface area contributed by atoms with Gasteiger partial charge < -0.3 is 76.3 Å². The van der Waals surface area contributed by atoms with Crippen LogP contribution in [0.25, 0.3) is 22.3 Å². The number of amides is 7. The van der Waals surface area contributed by atoms with E-state index in [4.69, 9.17) is 59.8 Å². The molecule has 3 aliphatic rings. The molecule has 0 radical (unpaired) electrons. The van der Waals surface area contributed by atoms with Gasteiger partial charge >= 0.3 is 33.3 Å². The van der Waals surface area contributed by atoms with E-state index in [1.807, 2.05) is 0 Å². The molecule has 36 nitrogen and oxygen atoms in total. The van der Waals surface area contributed by atoms with Crippen molar-refractivity contribution in [1.29, 1.82) is 5.53 Å². The van der Waals surface area contributed by atoms with Crippen LogP contribution in [0.3, 0.4) is 0 Å². The molecule has 5 aromatic rings. The van der Waals surface area contributed by atoms with Crippen molar-refractivity contribution in [2.45, 2.75) is 94.5 Å². The third-order valence-corrected chi connectivity index (χ3v) is 16.2. The highest BCUT2D eigenvalue weighted by atomic mass is 32.7. The van der Waals surface area contributed by atoms with Gasteiger partial charge in [0.15, 0.2) is 47.7 Å². The topological polar surface area (TPSA) is 470 Å². The first kappa shape index (κ1) is 65.0. The van der Waals surface area contributed by atoms with Crippen molar-refractivity contribution in [2.75, 3.05) is 77.3 Å². The van der Waals surface area contributed by atoms with Crippen molar-refractivity contribution >= 4 is 103 Å². The van der Waals surface area contributed by atoms with E-state index in [1.165, 1.54) is 47.8 Å². The number of benzene rings is 1. The van der Waals surface area contributed by atoms with E-state index in [-0.39, 0.29) is 79.6 Å². The Labute approximate surface area is 499 Å². The van der Waals surface area contributed by atoms with Crippen molar-refractivity contribution in [3.8, 4) is 0 Å². The number of ether oxygens (including phenoxy) is 4. The van der Waals surface area contributed by atoms with Crippen molar-refractivity contribution in [3.05, 3.63) is 55.1 Å². The number of thiol groups is 1. The second kappa shape index (κ2) is 28.7. The molecule has 12 atom stereocenters. The van der Waals surface area contributed by atoms with Crippen molar-refractivity contribution in [1.82, 2.24) is 69.8 Å². The van der Waals surface area contributed by atoms with E-state index in [2.05, 4.69) is 68.6 Å². The molecule has 11 N–H and O–H groups in total. The molecule has 3 fully saturated rings. The number of nitrogens with one attached hydrogen (secondary N) is 5. The molecular formula is C47H65FN20O16P2S. The Hall–Kier alpha value is -7.96. The van der Waals surface area contributed by atoms with Gasteiger partial charge in [-0.15, -0.1) is 0 Å². The smallest absolute Gasteiger partial charge is 0.410 e. The second-order valence-corrected chi connectivity index (χ2v) is 24.3. The number of nitrogen functional groups attached to an aromatic ring is 2. The first-order valence-corrected chi connectivity index (χ1v) is 30.5. The molecule has 0 bridgehead atoms. The summed E-state index contributed by atoms with van der Waals surface area (Å²) in [7, 11) is 0.544. The van der Waals surface area contributed by atoms with Crippen molar-refractivity contribution < 1.29 is 79.3 Å². The molecule has 0 saturated carbocycles. The predicted molar refractivity (Wildman–Crippen MR) is 304 cm³/mol. The summed E-state index contributed by atoms with van der Waals surface area (Å²) in [4.78, 5) is 105. The van der Waals surface area contributed by atoms with Gasteiger partial charge in [0.25, 0.3) is 0 Å². The molecule has 3 aliphatic heterocycles. The molecule has 3 saturated heterocycles. The summed E-state index contributed by atoms with van der Waals surface area (Å²) < 4.78 is 93.6. The molecule has 40 heteroatoms. The number of aromatic nitrogens is 8. The highest BCUT2D eigenvalue weighted by Gasteiger charge is 2.54. The van der Waals surface area contributed by atoms with Crippen LogP contribution >= 0.6 is 27.3 Å². The SMILES string of the molecule is CC(C)[C@H](NC(=O)CN(C)N=N)C(=O)N[C@@H](CCCNC(N)=O)C(=O)Nc1ccc(COC(=O)N(C)CCN(C)C(=O)O[C@@H]2[C@@H]3O[PH](=O)OC[C@H]4O[C@@H](n5cnc6c(N)ncnc65)[C@H](F)[C@@H]4O[P@](=O)(S)OC[C@H]3O[C@H]2n2cnc3c(N)ncnc32)cc1. The lowest BCUT2D eigenvalue weighted by Gasteiger charge is -2.28. The number of likely N-dealkylation sites (N-methyl/N-ethyl adjacent to an activating group) is 3. The molecule has 0 spiro atoms. The van der Waals surface area contributed by atoms with Gasteiger partial charge in [-0.05, 0) is 36.5 Å². The maximum absolute atomic E-state index is 16.4. The molecule has 8 rings (SSSR count). The number of carbonyl (C=O) groups excluding carboxylic acids is 6. The maximum Gasteiger partial charge on any atom is 0.410 e. The van der Waals surface area contributed by atoms with Gasteiger partial charge in [-0.1, -0.05) is 43.5 Å². The van der Waals surface area contributed by atoms with Gasteiger partial charge in [-0.2, -0.15) is 5.53 Å². The normalized spacial score (nSPS) is 24.5. The first-order chi connectivity index (χ1) is 41.4. The van der Waals surface area contributed by atoms with Crippen LogP contribution in [0.5, 0.6) is 0 Å². The van der Waals surface area contributed by atoms with Crippen molar-refractivity contribution in [3.63, 3.8) is 0 Å². The number of fused-ring (bicyclic) bond motifs is 4. The number of hydrogen-bond acceptors (Lipinski definition) is 26. The summed E-state index contributed by atoms with van der Waals surface area (Å²) >= 11 is 4.14. The average molecular weight is 1280 g/mol. The van der Waals surface area contributed by atoms with E-state index in [1.54, 1.807) is 38.1 Å². The monoisotopic (exact) mass is 1280 g/mol. The molecule has 472 valence electrons. The van der Waals surface area contributed by atoms with Crippen LogP contribution in [0.1, 0.15) is 44.7 Å². The molecule has 1 aromatic carbocycles. The lowest BCUT2D eigenvalue weighted by atomic mass is 10.0. The van der Waals surface area contributed by atoms with E-state index < -0.39 is 131 Å². The van der Waals surface area contributed by atoms with Crippen LogP contribution in [0.4, 0.5) is 36.1 Å². The fourth-order valence-corrected chi connectivity index (χ4v) is 11.5. The zero-order valence-electron chi connectivity index (χ0n) is 47.2. The van der Waals surface area contributed by atoms with E-state index in [0.717, 1.165) is 22.6 Å². The zero-order chi connectivity index (χ0) is 62.9. The van der Waals surface area contributed by atoms with Crippen molar-refractivity contribution in [2.24, 2.45) is 16.9 Å². The Bertz CT molecular complexity index is 3390. The number of nitrogens with zero attached hydrogens (tertiary/aromatic N) is 12. The largest absolute Gasteiger partial charge is 0.445 e. The number of nitrogens with two attached hydrogens (primary N) is 3. The molecule has 4 aromatic heterocycles. The minimum Gasteiger partial charge on any atom is -0.445 e. The number of hydrogen-bond donors (Lipinski definition) is 9. The summed E-state index contributed by atoms with van der Waals surface area (Å²) in [6.45, 7) is -3.14. The van der Waals surface area contributed by atoms with Crippen LogP contribution in [0.2, 0.25) is 0 Å². The number of halogens is 1. The number of alkyl halides is 1. The third-order valence-electron chi connectivity index (χ3n) is 13.8. The number of anilines is 3. The summed E-state index contributed by atoms with van der Waals surface area (Å²) in [5.41, 5.74) is 25.6. The second-order valence-electron chi connectivity index (χ2n) is 20.4. The van der Waals surface area contributed by atoms with E-state index in [9.17, 15) is 37.9 Å². The average Bonchev–Trinajstić information content (AvgIpc) is 1.77. The summed E-state index contributed by atoms with van der Waals surface area (Å²) in [6, 6.07) is 3.30. The highest BCUT2D eigenvalue weighted by molar-refractivity contribution is 8.44. The minimum atomic E-state index is -4.56. The van der Waals surface area contributed by atoms with Crippen LogP contribution in [0, 0.1) is 11.4 Å². The minimum absolute atomic E-state index is 0.00449. The number of primary amides is 1. The molecule has 7 amide bonds. The van der Waals surface area contributed by atoms with E-state index in [0.29, 0.717) is 11.3 Å². The molecule has 1 unspecified atom stereocenters. The van der Waals surface area contributed by atoms with Crippen LogP contribution in [0.15, 0.2) is 54.8 Å². The summed E-state index contributed by atoms with van der Waals surface area (Å²) in [6.07, 6.45) is -9.22. The van der Waals surface area contributed by atoms with Crippen LogP contribution < -0.4 is 38.5 Å². The Morgan fingerprint density at radius 1 is 0.874 bits per heavy atom. The predicted octanol–water partition coefficient (Wildman–Crippen LogP) is 1.80. The number of imidazole rings is 2. The Kier molecular flexibility index (Phi) is 21.5. The lowest BCUT2D eigenvalue weighted by Crippen LogP contribution is -2.55. The van der Waals surface area contributed by atoms with Crippen LogP contribution in [-0.2, 0) is 67.2 Å². The number of carbonyl (C=O) groups is 6. The third kappa shape index (κ3) is 16.2. The molecule has 7 heterocycles. The highest BCUT2D eigenvalue weighted by Crippen LogP contribution is 2.58. The lowest BCUT2D eigenvalue weighted by molar-refractivity contribution is -0.132. The number of urea groups is 1. The molecule has 87 heavy (non-hydrogen) atoms. The van der Waals surface area contributed by atoms with Gasteiger partial charge in [0, 0.05) is 46.5 Å². The van der Waals surface area contributed by atoms with E-state index >= 15 is 4.39 Å². The quantitative estimate of drug-likeness (QED) is 0.0166. The zero-order valence-corrected chi connectivity index (χ0v) is 50.0. The van der Waals surface area contributed by atoms with Crippen LogP contribution in [-0.4, -0.2) is 199 Å². The Morgan fingerprint density at radius 2 is 1.48 bits per heavy atom. The van der Waals surface area contributed by atoms with Gasteiger partial charge in [0.2, 0.25) is 17.7 Å². The number of rotatable bonds is 21. The summed E-state index contributed by atoms with van der Waals surface area (Å²) in [5.74, 6) is -2.23. The first-order valence-electron chi connectivity index (χ1n) is 26.6. The summed E-state index contributed by atoms with van der Waals surface area (Å²) in [5, 5.41) is 14.7. The van der Waals surface area contributed by atoms with Gasteiger partial charge in [0.05, 0.1) is 25.9 Å². The molecule has 0 aliphatic carbocycles. The maximum atomic E-state index is 16.4. The standard InChI is InChI=1S/C47H65FN20O16P2S/c1-23(2)31(62-29(69)15-66(5)63-52)42(71)61-26(7-6-12-53-45(51)72)41(70)60-25-10-8-24(9-11-25)16-77-46(73)64(3)13-14-65(4)47(74)82-36-35-28(81-44(36)68-22-59-33-38(50)55-20-57-40(33)68)18-79-86(76,87)84-34-27(17-78-85(75)83-35)80-43(30(34)48)67-21-58-32-37(49)54-19-56-39(32)67/h8-11,19-23,26-28,30-31,34-36,43-44,52,85H,6-7,12-18H2,1-5H3,(H,60,70)(H,61,71)(H,62,69)(H,76,87)(H2,49,54,56)(H2,50,55,57)(H3,51,53,72)/t26-,27+,28+,30+,31-,34+,35+,36+,43+,44+,86+/m0/s1. The van der Waals surface area contributed by atoms with Gasteiger partial charge in [0.1, 0.15) is 73.3 Å². The Balaban J connectivity index is 0.882. The molecular weight excluding hydrogens is 1210 g/mol. The van der Waals surface area contributed by atoms with Gasteiger partial charge in [-0.25, -0.2) is 53.2 Å². The Morgan fingerprint density at radius 3 is 2.10 bits per heavy atom.